The molecule has 1 aromatic heterocycles. The molecule has 3 heterocycles. The number of ether oxygens (including phenoxy) is 1. The number of piperazine rings is 1. The molecule has 3 aromatic rings. The SMILES string of the molecule is COc1cccc(C(=O)Nc2cc(C(=O)N3CCCNCC3)ccc2N2CCN(C(=O)c3cccnc3)CC2)c1. The molecule has 0 radical (unpaired) electrons. The molecule has 0 unspecified atom stereocenters. The first-order valence-electron chi connectivity index (χ1n) is 13.6. The molecule has 40 heavy (non-hydrogen) atoms. The van der Waals surface area contributed by atoms with E-state index in [2.05, 4.69) is 20.5 Å². The number of carbonyl (C=O) groups is 3. The highest BCUT2D eigenvalue weighted by molar-refractivity contribution is 6.07. The molecule has 2 fully saturated rings. The van der Waals surface area contributed by atoms with Gasteiger partial charge in [-0.1, -0.05) is 6.07 Å². The Labute approximate surface area is 233 Å². The predicted molar refractivity (Wildman–Crippen MR) is 153 cm³/mol. The second-order valence-electron chi connectivity index (χ2n) is 9.83. The molecule has 2 aliphatic heterocycles. The molecule has 0 spiro atoms. The van der Waals surface area contributed by atoms with E-state index in [1.54, 1.807) is 62.0 Å². The fourth-order valence-corrected chi connectivity index (χ4v) is 5.06. The molecule has 208 valence electrons. The minimum Gasteiger partial charge on any atom is -0.497 e. The summed E-state index contributed by atoms with van der Waals surface area (Å²) in [5.41, 5.74) is 2.90. The van der Waals surface area contributed by atoms with Crippen molar-refractivity contribution in [3.8, 4) is 5.75 Å². The quantitative estimate of drug-likeness (QED) is 0.493. The summed E-state index contributed by atoms with van der Waals surface area (Å²) in [6.45, 7) is 5.19. The first-order valence-corrected chi connectivity index (χ1v) is 13.6. The van der Waals surface area contributed by atoms with E-state index in [0.29, 0.717) is 67.4 Å². The van der Waals surface area contributed by atoms with Crippen molar-refractivity contribution in [2.45, 2.75) is 6.42 Å². The van der Waals surface area contributed by atoms with E-state index < -0.39 is 0 Å². The second-order valence-corrected chi connectivity index (χ2v) is 9.83. The van der Waals surface area contributed by atoms with Gasteiger partial charge in [-0.3, -0.25) is 19.4 Å². The van der Waals surface area contributed by atoms with Crippen LogP contribution in [0.15, 0.2) is 67.0 Å². The zero-order valence-corrected chi connectivity index (χ0v) is 22.6. The molecular weight excluding hydrogens is 508 g/mol. The van der Waals surface area contributed by atoms with Crippen LogP contribution in [0.3, 0.4) is 0 Å². The minimum absolute atomic E-state index is 0.0489. The van der Waals surface area contributed by atoms with Crippen LogP contribution in [0.2, 0.25) is 0 Å². The number of benzene rings is 2. The van der Waals surface area contributed by atoms with Crippen LogP contribution < -0.4 is 20.3 Å². The number of anilines is 2. The number of pyridine rings is 1. The Bertz CT molecular complexity index is 1350. The van der Waals surface area contributed by atoms with Crippen LogP contribution in [0, 0.1) is 0 Å². The number of carbonyl (C=O) groups excluding carboxylic acids is 3. The van der Waals surface area contributed by atoms with E-state index in [0.717, 1.165) is 25.2 Å². The van der Waals surface area contributed by atoms with Gasteiger partial charge in [0.2, 0.25) is 0 Å². The molecule has 2 N–H and O–H groups in total. The van der Waals surface area contributed by atoms with Crippen LogP contribution in [0.1, 0.15) is 37.5 Å². The summed E-state index contributed by atoms with van der Waals surface area (Å²) in [6.07, 6.45) is 4.12. The van der Waals surface area contributed by atoms with E-state index in [-0.39, 0.29) is 17.7 Å². The Morgan fingerprint density at radius 1 is 0.825 bits per heavy atom. The third-order valence-corrected chi connectivity index (χ3v) is 7.27. The van der Waals surface area contributed by atoms with Gasteiger partial charge >= 0.3 is 0 Å². The highest BCUT2D eigenvalue weighted by Crippen LogP contribution is 2.30. The maximum Gasteiger partial charge on any atom is 0.255 e. The molecule has 10 heteroatoms. The van der Waals surface area contributed by atoms with Gasteiger partial charge in [0.25, 0.3) is 17.7 Å². The molecule has 0 saturated carbocycles. The second kappa shape index (κ2) is 12.6. The number of rotatable bonds is 6. The monoisotopic (exact) mass is 542 g/mol. The predicted octanol–water partition coefficient (Wildman–Crippen LogP) is 2.74. The van der Waals surface area contributed by atoms with E-state index in [9.17, 15) is 14.4 Å². The maximum atomic E-state index is 13.4. The summed E-state index contributed by atoms with van der Waals surface area (Å²) in [6, 6.07) is 15.9. The zero-order valence-electron chi connectivity index (χ0n) is 22.6. The molecular formula is C30H34N6O4. The zero-order chi connectivity index (χ0) is 27.9. The fourth-order valence-electron chi connectivity index (χ4n) is 5.06. The molecule has 5 rings (SSSR count). The van der Waals surface area contributed by atoms with Crippen LogP contribution in [0.25, 0.3) is 0 Å². The maximum absolute atomic E-state index is 13.4. The lowest BCUT2D eigenvalue weighted by atomic mass is 10.1. The van der Waals surface area contributed by atoms with E-state index in [1.807, 2.05) is 21.9 Å². The molecule has 2 aromatic carbocycles. The summed E-state index contributed by atoms with van der Waals surface area (Å²) in [5, 5.41) is 6.36. The Morgan fingerprint density at radius 3 is 2.38 bits per heavy atom. The van der Waals surface area contributed by atoms with Crippen LogP contribution in [0.5, 0.6) is 5.75 Å². The minimum atomic E-state index is -0.297. The van der Waals surface area contributed by atoms with Crippen LogP contribution >= 0.6 is 0 Å². The lowest BCUT2D eigenvalue weighted by Gasteiger charge is -2.37. The van der Waals surface area contributed by atoms with Gasteiger partial charge in [0.05, 0.1) is 24.0 Å². The van der Waals surface area contributed by atoms with Gasteiger partial charge in [-0.15, -0.1) is 0 Å². The molecule has 10 nitrogen and oxygen atoms in total. The van der Waals surface area contributed by atoms with Gasteiger partial charge in [-0.2, -0.15) is 0 Å². The molecule has 2 saturated heterocycles. The summed E-state index contributed by atoms with van der Waals surface area (Å²) in [7, 11) is 1.56. The molecule has 0 atom stereocenters. The Balaban J connectivity index is 1.38. The summed E-state index contributed by atoms with van der Waals surface area (Å²) < 4.78 is 5.28. The number of nitrogens with zero attached hydrogens (tertiary/aromatic N) is 4. The van der Waals surface area contributed by atoms with Crippen LogP contribution in [-0.2, 0) is 0 Å². The number of hydrogen-bond donors (Lipinski definition) is 2. The summed E-state index contributed by atoms with van der Waals surface area (Å²) in [5.74, 6) is 0.182. The van der Waals surface area contributed by atoms with Gasteiger partial charge < -0.3 is 30.1 Å². The Morgan fingerprint density at radius 2 is 1.60 bits per heavy atom. The van der Waals surface area contributed by atoms with Gasteiger partial charge in [-0.05, 0) is 61.5 Å². The third kappa shape index (κ3) is 6.23. The first-order chi connectivity index (χ1) is 19.5. The van der Waals surface area contributed by atoms with E-state index in [1.165, 1.54) is 0 Å². The number of nitrogens with one attached hydrogen (secondary N) is 2. The Hall–Kier alpha value is -4.44. The van der Waals surface area contributed by atoms with Crippen molar-refractivity contribution in [3.63, 3.8) is 0 Å². The van der Waals surface area contributed by atoms with Crippen LogP contribution in [-0.4, -0.2) is 92.0 Å². The van der Waals surface area contributed by atoms with Crippen molar-refractivity contribution in [1.29, 1.82) is 0 Å². The number of methoxy groups -OCH3 is 1. The van der Waals surface area contributed by atoms with E-state index in [4.69, 9.17) is 4.74 Å². The lowest BCUT2D eigenvalue weighted by molar-refractivity contribution is 0.0743. The highest BCUT2D eigenvalue weighted by Gasteiger charge is 2.26. The third-order valence-electron chi connectivity index (χ3n) is 7.27. The van der Waals surface area contributed by atoms with Gasteiger partial charge in [0.15, 0.2) is 0 Å². The average molecular weight is 543 g/mol. The normalized spacial score (nSPS) is 15.8. The van der Waals surface area contributed by atoms with Gasteiger partial charge in [0.1, 0.15) is 5.75 Å². The van der Waals surface area contributed by atoms with Gasteiger partial charge in [0, 0.05) is 69.3 Å². The molecule has 0 bridgehead atoms. The lowest BCUT2D eigenvalue weighted by Crippen LogP contribution is -2.49. The van der Waals surface area contributed by atoms with Gasteiger partial charge in [-0.25, -0.2) is 0 Å². The topological polar surface area (TPSA) is 107 Å². The fraction of sp³-hybridized carbons (Fsp3) is 0.333. The van der Waals surface area contributed by atoms with Crippen molar-refractivity contribution < 1.29 is 19.1 Å². The number of aromatic nitrogens is 1. The largest absolute Gasteiger partial charge is 0.497 e. The van der Waals surface area contributed by atoms with Crippen molar-refractivity contribution in [3.05, 3.63) is 83.7 Å². The standard InChI is InChI=1S/C30H34N6O4/c1-40-25-7-2-5-22(19-25)28(37)33-26-20-23(29(38)35-13-4-11-31-12-14-35)8-9-27(26)34-15-17-36(18-16-34)30(39)24-6-3-10-32-21-24/h2-3,5-10,19-21,31H,4,11-18H2,1H3,(H,33,37). The van der Waals surface area contributed by atoms with Crippen molar-refractivity contribution in [1.82, 2.24) is 20.1 Å². The molecule has 2 aliphatic rings. The highest BCUT2D eigenvalue weighted by atomic mass is 16.5. The number of amides is 3. The summed E-state index contributed by atoms with van der Waals surface area (Å²) in [4.78, 5) is 49.5. The van der Waals surface area contributed by atoms with E-state index >= 15 is 0 Å². The number of hydrogen-bond acceptors (Lipinski definition) is 7. The molecule has 0 aliphatic carbocycles. The smallest absolute Gasteiger partial charge is 0.255 e. The van der Waals surface area contributed by atoms with Crippen molar-refractivity contribution in [2.24, 2.45) is 0 Å². The first kappa shape index (κ1) is 27.1. The Kier molecular flexibility index (Phi) is 8.56. The van der Waals surface area contributed by atoms with Crippen LogP contribution in [0.4, 0.5) is 11.4 Å². The van der Waals surface area contributed by atoms with Crippen molar-refractivity contribution in [2.75, 3.05) is 69.7 Å². The average Bonchev–Trinajstić information content (AvgIpc) is 3.31. The molecule has 3 amide bonds. The summed E-state index contributed by atoms with van der Waals surface area (Å²) >= 11 is 0. The van der Waals surface area contributed by atoms with Crippen molar-refractivity contribution >= 4 is 29.1 Å².